The molecule has 0 N–H and O–H groups in total. The zero-order chi connectivity index (χ0) is 10.9. The van der Waals surface area contributed by atoms with E-state index in [2.05, 4.69) is 53.7 Å². The highest BCUT2D eigenvalue weighted by Gasteiger charge is 2.40. The first-order valence-electron chi connectivity index (χ1n) is 5.90. The third-order valence-corrected chi connectivity index (χ3v) is 3.98. The molecule has 1 aromatic carbocycles. The summed E-state index contributed by atoms with van der Waals surface area (Å²) >= 11 is 0. The van der Waals surface area contributed by atoms with Crippen molar-refractivity contribution in [2.75, 3.05) is 0 Å². The monoisotopic (exact) mass is 211 g/mol. The lowest BCUT2D eigenvalue weighted by atomic mass is 9.77. The normalized spacial score (nSPS) is 18.6. The minimum absolute atomic E-state index is 0.266. The topological polar surface area (TPSA) is 8.81 Å². The van der Waals surface area contributed by atoms with Crippen LogP contribution < -0.4 is 4.68 Å². The summed E-state index contributed by atoms with van der Waals surface area (Å²) in [6.45, 7) is 5.72. The van der Waals surface area contributed by atoms with E-state index in [4.69, 9.17) is 0 Å². The third-order valence-electron chi connectivity index (χ3n) is 3.98. The van der Waals surface area contributed by atoms with Gasteiger partial charge in [0.25, 0.3) is 0 Å². The number of rotatable bonds is 0. The Labute approximate surface area is 95.1 Å². The molecule has 1 aromatic heterocycles. The fraction of sp³-hybridized carbons (Fsp3) is 0.357. The maximum Gasteiger partial charge on any atom is 0.200 e. The van der Waals surface area contributed by atoms with Crippen LogP contribution in [0.1, 0.15) is 30.7 Å². The smallest absolute Gasteiger partial charge is 0.124 e. The summed E-state index contributed by atoms with van der Waals surface area (Å²) in [7, 11) is 0. The number of para-hydroxylation sites is 1. The van der Waals surface area contributed by atoms with Crippen molar-refractivity contribution in [3.05, 3.63) is 47.3 Å². The summed E-state index contributed by atoms with van der Waals surface area (Å²) in [5, 5.41) is 0. The molecule has 0 unspecified atom stereocenters. The summed E-state index contributed by atoms with van der Waals surface area (Å²) in [6.07, 6.45) is 3.34. The Bertz CT molecular complexity index is 605. The third kappa shape index (κ3) is 0.823. The Morgan fingerprint density at radius 3 is 3.00 bits per heavy atom. The first-order chi connectivity index (χ1) is 7.67. The van der Waals surface area contributed by atoms with E-state index in [0.29, 0.717) is 0 Å². The average Bonchev–Trinajstić information content (AvgIpc) is 2.76. The SMILES string of the molecule is CC1(C)Cc2cc[n+]3n2-c2c(cccc21)C3. The Balaban J connectivity index is 2.18. The zero-order valence-electron chi connectivity index (χ0n) is 9.70. The molecule has 0 radical (unpaired) electrons. The molecule has 2 heteroatoms. The fourth-order valence-corrected chi connectivity index (χ4v) is 3.24. The molecule has 2 aromatic rings. The van der Waals surface area contributed by atoms with Gasteiger partial charge in [0.05, 0.1) is 5.69 Å². The van der Waals surface area contributed by atoms with Crippen molar-refractivity contribution in [1.29, 1.82) is 0 Å². The second-order valence-electron chi connectivity index (χ2n) is 5.59. The van der Waals surface area contributed by atoms with Gasteiger partial charge in [0.2, 0.25) is 0 Å². The largest absolute Gasteiger partial charge is 0.200 e. The molecule has 0 saturated heterocycles. The van der Waals surface area contributed by atoms with E-state index in [1.807, 2.05) is 0 Å². The van der Waals surface area contributed by atoms with Gasteiger partial charge < -0.3 is 0 Å². The van der Waals surface area contributed by atoms with Crippen LogP contribution in [0.2, 0.25) is 0 Å². The van der Waals surface area contributed by atoms with Crippen molar-refractivity contribution in [2.24, 2.45) is 0 Å². The molecule has 3 heterocycles. The highest BCUT2D eigenvalue weighted by Crippen LogP contribution is 2.39. The lowest BCUT2D eigenvalue weighted by Crippen LogP contribution is -2.40. The molecule has 0 saturated carbocycles. The van der Waals surface area contributed by atoms with Gasteiger partial charge in [0.1, 0.15) is 5.69 Å². The van der Waals surface area contributed by atoms with E-state index >= 15 is 0 Å². The van der Waals surface area contributed by atoms with Crippen LogP contribution >= 0.6 is 0 Å². The van der Waals surface area contributed by atoms with Crippen LogP contribution in [-0.2, 0) is 18.4 Å². The lowest BCUT2D eigenvalue weighted by Gasteiger charge is -2.30. The van der Waals surface area contributed by atoms with Crippen molar-refractivity contribution in [3.8, 4) is 5.69 Å². The Morgan fingerprint density at radius 2 is 2.12 bits per heavy atom. The van der Waals surface area contributed by atoms with Gasteiger partial charge in [-0.15, -0.1) is 9.36 Å². The molecule has 4 rings (SSSR count). The second kappa shape index (κ2) is 2.40. The van der Waals surface area contributed by atoms with Crippen molar-refractivity contribution < 1.29 is 4.68 Å². The summed E-state index contributed by atoms with van der Waals surface area (Å²) in [5.74, 6) is 0. The molecular formula is C14H15N2+. The van der Waals surface area contributed by atoms with Crippen molar-refractivity contribution in [2.45, 2.75) is 32.2 Å². The first-order valence-corrected chi connectivity index (χ1v) is 5.90. The lowest BCUT2D eigenvalue weighted by molar-refractivity contribution is -0.752. The number of benzene rings is 1. The van der Waals surface area contributed by atoms with Gasteiger partial charge in [-0.3, -0.25) is 0 Å². The van der Waals surface area contributed by atoms with Crippen LogP contribution in [0.4, 0.5) is 0 Å². The molecule has 0 bridgehead atoms. The summed E-state index contributed by atoms with van der Waals surface area (Å²) < 4.78 is 4.72. The quantitative estimate of drug-likeness (QED) is 0.503. The molecule has 2 aliphatic rings. The summed E-state index contributed by atoms with van der Waals surface area (Å²) in [4.78, 5) is 0. The Morgan fingerprint density at radius 1 is 1.25 bits per heavy atom. The van der Waals surface area contributed by atoms with Crippen molar-refractivity contribution >= 4 is 0 Å². The molecule has 0 spiro atoms. The molecule has 0 atom stereocenters. The van der Waals surface area contributed by atoms with Crippen LogP contribution in [0.5, 0.6) is 0 Å². The maximum atomic E-state index is 2.40. The minimum Gasteiger partial charge on any atom is -0.124 e. The van der Waals surface area contributed by atoms with Crippen LogP contribution in [-0.4, -0.2) is 4.68 Å². The predicted octanol–water partition coefficient (Wildman–Crippen LogP) is 1.96. The van der Waals surface area contributed by atoms with Crippen LogP contribution in [0.15, 0.2) is 30.5 Å². The fourth-order valence-electron chi connectivity index (χ4n) is 3.24. The predicted molar refractivity (Wildman–Crippen MR) is 61.8 cm³/mol. The highest BCUT2D eigenvalue weighted by atomic mass is 15.4. The Hall–Kier alpha value is -1.57. The number of nitrogens with zero attached hydrogens (tertiary/aromatic N) is 2. The van der Waals surface area contributed by atoms with Gasteiger partial charge in [-0.2, -0.15) is 0 Å². The molecule has 2 aliphatic heterocycles. The van der Waals surface area contributed by atoms with E-state index in [1.165, 1.54) is 22.5 Å². The highest BCUT2D eigenvalue weighted by molar-refractivity contribution is 5.54. The maximum absolute atomic E-state index is 2.40. The Kier molecular flexibility index (Phi) is 1.28. The number of hydrogen-bond donors (Lipinski definition) is 0. The van der Waals surface area contributed by atoms with E-state index in [1.54, 1.807) is 0 Å². The van der Waals surface area contributed by atoms with Gasteiger partial charge in [-0.05, 0) is 11.0 Å². The van der Waals surface area contributed by atoms with E-state index in [9.17, 15) is 0 Å². The molecule has 0 aliphatic carbocycles. The summed E-state index contributed by atoms with van der Waals surface area (Å²) in [6, 6.07) is 9.01. The van der Waals surface area contributed by atoms with E-state index in [-0.39, 0.29) is 5.41 Å². The van der Waals surface area contributed by atoms with E-state index < -0.39 is 0 Å². The van der Waals surface area contributed by atoms with Crippen LogP contribution in [0.3, 0.4) is 0 Å². The van der Waals surface area contributed by atoms with Crippen molar-refractivity contribution in [1.82, 2.24) is 4.68 Å². The minimum atomic E-state index is 0.266. The molecule has 80 valence electrons. The number of hydrogen-bond acceptors (Lipinski definition) is 0. The molecule has 0 fully saturated rings. The molecular weight excluding hydrogens is 196 g/mol. The molecule has 16 heavy (non-hydrogen) atoms. The zero-order valence-corrected chi connectivity index (χ0v) is 9.70. The van der Waals surface area contributed by atoms with Gasteiger partial charge >= 0.3 is 0 Å². The second-order valence-corrected chi connectivity index (χ2v) is 5.59. The molecule has 0 amide bonds. The van der Waals surface area contributed by atoms with Crippen LogP contribution in [0, 0.1) is 0 Å². The van der Waals surface area contributed by atoms with Gasteiger partial charge in [0, 0.05) is 18.1 Å². The number of aromatic nitrogens is 2. The van der Waals surface area contributed by atoms with Gasteiger partial charge in [0.15, 0.2) is 12.7 Å². The van der Waals surface area contributed by atoms with Gasteiger partial charge in [-0.25, -0.2) is 0 Å². The summed E-state index contributed by atoms with van der Waals surface area (Å²) in [5.41, 5.74) is 6.12. The average molecular weight is 211 g/mol. The molecule has 2 nitrogen and oxygen atoms in total. The van der Waals surface area contributed by atoms with E-state index in [0.717, 1.165) is 13.0 Å². The van der Waals surface area contributed by atoms with Crippen molar-refractivity contribution in [3.63, 3.8) is 0 Å². The van der Waals surface area contributed by atoms with Gasteiger partial charge in [-0.1, -0.05) is 32.0 Å². The van der Waals surface area contributed by atoms with Crippen LogP contribution in [0.25, 0.3) is 5.69 Å². The first kappa shape index (κ1) is 8.57. The standard InChI is InChI=1S/C14H15N2/c1-14(2)8-11-6-7-15-9-10-4-3-5-12(14)13(10)16(11)15/h3-7H,8-9H2,1-2H3/q+1.